The highest BCUT2D eigenvalue weighted by Crippen LogP contribution is 2.14. The largest absolute Gasteiger partial charge is 0.336 e. The molecule has 0 fully saturated rings. The van der Waals surface area contributed by atoms with Gasteiger partial charge in [-0.05, 0) is 6.92 Å². The summed E-state index contributed by atoms with van der Waals surface area (Å²) in [5, 5.41) is 0. The van der Waals surface area contributed by atoms with Crippen molar-refractivity contribution < 1.29 is 4.79 Å². The smallest absolute Gasteiger partial charge is 0.236 e. The summed E-state index contributed by atoms with van der Waals surface area (Å²) in [5.74, 6) is -0.108. The second kappa shape index (κ2) is 4.66. The number of likely N-dealkylation sites (N-methyl/N-ethyl adjacent to an activating group) is 1. The van der Waals surface area contributed by atoms with Crippen LogP contribution in [0.25, 0.3) is 0 Å². The van der Waals surface area contributed by atoms with Crippen molar-refractivity contribution in [3.05, 3.63) is 24.3 Å². The quantitative estimate of drug-likeness (QED) is 0.732. The number of hydrogen-bond donors (Lipinski definition) is 1. The van der Waals surface area contributed by atoms with Crippen molar-refractivity contribution in [1.82, 2.24) is 14.9 Å². The Morgan fingerprint density at radius 3 is 2.86 bits per heavy atom. The fourth-order valence-corrected chi connectivity index (χ4v) is 1.08. The Balaban J connectivity index is 2.75. The summed E-state index contributed by atoms with van der Waals surface area (Å²) in [6.07, 6.45) is 4.85. The summed E-state index contributed by atoms with van der Waals surface area (Å²) in [6, 6.07) is -0.0975. The van der Waals surface area contributed by atoms with Crippen molar-refractivity contribution in [2.24, 2.45) is 5.73 Å². The maximum absolute atomic E-state index is 11.3. The Morgan fingerprint density at radius 1 is 1.64 bits per heavy atom. The average Bonchev–Trinajstić information content (AvgIpc) is 2.27. The van der Waals surface area contributed by atoms with Crippen LogP contribution < -0.4 is 5.73 Å². The molecule has 5 heteroatoms. The molecule has 1 amide bonds. The number of nitrogens with zero attached hydrogens (tertiary/aromatic N) is 3. The Hall–Kier alpha value is -1.49. The van der Waals surface area contributed by atoms with E-state index in [0.29, 0.717) is 0 Å². The van der Waals surface area contributed by atoms with Crippen molar-refractivity contribution in [2.75, 3.05) is 13.6 Å². The number of rotatable bonds is 3. The Labute approximate surface area is 83.0 Å². The molecule has 0 aliphatic heterocycles. The van der Waals surface area contributed by atoms with Gasteiger partial charge in [-0.25, -0.2) is 0 Å². The number of amides is 1. The van der Waals surface area contributed by atoms with Crippen molar-refractivity contribution in [3.63, 3.8) is 0 Å². The molecule has 1 rings (SSSR count). The molecule has 2 N–H and O–H groups in total. The molecule has 1 atom stereocenters. The summed E-state index contributed by atoms with van der Waals surface area (Å²) in [6.45, 7) is 1.90. The minimum atomic E-state index is -0.108. The van der Waals surface area contributed by atoms with Crippen molar-refractivity contribution in [1.29, 1.82) is 0 Å². The van der Waals surface area contributed by atoms with Gasteiger partial charge in [0.25, 0.3) is 0 Å². The van der Waals surface area contributed by atoms with Gasteiger partial charge in [0.2, 0.25) is 5.91 Å². The average molecular weight is 194 g/mol. The highest BCUT2D eigenvalue weighted by atomic mass is 16.2. The van der Waals surface area contributed by atoms with E-state index in [9.17, 15) is 4.79 Å². The molecule has 0 aromatic carbocycles. The van der Waals surface area contributed by atoms with Gasteiger partial charge in [-0.3, -0.25) is 14.8 Å². The summed E-state index contributed by atoms with van der Waals surface area (Å²) in [4.78, 5) is 20.9. The van der Waals surface area contributed by atoms with E-state index < -0.39 is 0 Å². The molecule has 1 heterocycles. The van der Waals surface area contributed by atoms with Gasteiger partial charge >= 0.3 is 0 Å². The van der Waals surface area contributed by atoms with Gasteiger partial charge in [-0.1, -0.05) is 0 Å². The molecule has 1 unspecified atom stereocenters. The summed E-state index contributed by atoms with van der Waals surface area (Å²) in [5.41, 5.74) is 6.02. The standard InChI is InChI=1S/C9H14N4O/c1-7(13(2)9(14)5-10)8-6-11-3-4-12-8/h3-4,6-7H,5,10H2,1-2H3. The molecule has 5 nitrogen and oxygen atoms in total. The number of carbonyl (C=O) groups is 1. The van der Waals surface area contributed by atoms with Crippen LogP contribution >= 0.6 is 0 Å². The zero-order valence-electron chi connectivity index (χ0n) is 8.34. The molecule has 0 spiro atoms. The van der Waals surface area contributed by atoms with Crippen LogP contribution in [0, 0.1) is 0 Å². The molecule has 0 saturated carbocycles. The Bertz CT molecular complexity index is 301. The first kappa shape index (κ1) is 10.6. The number of hydrogen-bond acceptors (Lipinski definition) is 4. The molecule has 0 bridgehead atoms. The summed E-state index contributed by atoms with van der Waals surface area (Å²) < 4.78 is 0. The van der Waals surface area contributed by atoms with Crippen molar-refractivity contribution in [2.45, 2.75) is 13.0 Å². The lowest BCUT2D eigenvalue weighted by molar-refractivity contribution is -0.130. The minimum absolute atomic E-state index is 0.0150. The monoisotopic (exact) mass is 194 g/mol. The first-order valence-electron chi connectivity index (χ1n) is 4.38. The SMILES string of the molecule is CC(c1cnccn1)N(C)C(=O)CN. The molecule has 14 heavy (non-hydrogen) atoms. The topological polar surface area (TPSA) is 72.1 Å². The predicted octanol–water partition coefficient (Wildman–Crippen LogP) is -0.0453. The van der Waals surface area contributed by atoms with E-state index in [0.717, 1.165) is 5.69 Å². The maximum Gasteiger partial charge on any atom is 0.236 e. The fourth-order valence-electron chi connectivity index (χ4n) is 1.08. The number of nitrogens with two attached hydrogens (primary N) is 1. The maximum atomic E-state index is 11.3. The zero-order valence-corrected chi connectivity index (χ0v) is 8.34. The molecular formula is C9H14N4O. The van der Waals surface area contributed by atoms with Gasteiger partial charge in [-0.2, -0.15) is 0 Å². The van der Waals surface area contributed by atoms with Gasteiger partial charge < -0.3 is 10.6 Å². The Morgan fingerprint density at radius 2 is 2.36 bits per heavy atom. The first-order valence-corrected chi connectivity index (χ1v) is 4.38. The predicted molar refractivity (Wildman–Crippen MR) is 52.3 cm³/mol. The molecular weight excluding hydrogens is 180 g/mol. The lowest BCUT2D eigenvalue weighted by Gasteiger charge is -2.23. The highest BCUT2D eigenvalue weighted by Gasteiger charge is 2.16. The molecule has 0 radical (unpaired) electrons. The molecule has 76 valence electrons. The number of aromatic nitrogens is 2. The lowest BCUT2D eigenvalue weighted by atomic mass is 10.2. The van der Waals surface area contributed by atoms with Crippen molar-refractivity contribution in [3.8, 4) is 0 Å². The first-order chi connectivity index (χ1) is 6.66. The van der Waals surface area contributed by atoms with E-state index in [1.807, 2.05) is 6.92 Å². The molecule has 0 saturated heterocycles. The molecule has 1 aromatic heterocycles. The third kappa shape index (κ3) is 2.26. The van der Waals surface area contributed by atoms with Gasteiger partial charge in [0, 0.05) is 19.4 Å². The molecule has 0 aliphatic carbocycles. The van der Waals surface area contributed by atoms with Crippen LogP contribution in [0.3, 0.4) is 0 Å². The van der Waals surface area contributed by atoms with Crippen molar-refractivity contribution >= 4 is 5.91 Å². The van der Waals surface area contributed by atoms with Gasteiger partial charge in [0.05, 0.1) is 24.5 Å². The lowest BCUT2D eigenvalue weighted by Crippen LogP contribution is -2.35. The van der Waals surface area contributed by atoms with Crippen LogP contribution in [0.15, 0.2) is 18.6 Å². The second-order valence-corrected chi connectivity index (χ2v) is 3.02. The van der Waals surface area contributed by atoms with Crippen LogP contribution in [0.1, 0.15) is 18.7 Å². The van der Waals surface area contributed by atoms with Gasteiger partial charge in [-0.15, -0.1) is 0 Å². The highest BCUT2D eigenvalue weighted by molar-refractivity contribution is 5.78. The second-order valence-electron chi connectivity index (χ2n) is 3.02. The minimum Gasteiger partial charge on any atom is -0.336 e. The zero-order chi connectivity index (χ0) is 10.6. The molecule has 0 aliphatic rings. The van der Waals surface area contributed by atoms with E-state index in [2.05, 4.69) is 9.97 Å². The van der Waals surface area contributed by atoms with Gasteiger partial charge in [0.15, 0.2) is 0 Å². The number of carbonyl (C=O) groups excluding carboxylic acids is 1. The third-order valence-electron chi connectivity index (χ3n) is 2.16. The van der Waals surface area contributed by atoms with E-state index >= 15 is 0 Å². The summed E-state index contributed by atoms with van der Waals surface area (Å²) in [7, 11) is 1.70. The van der Waals surface area contributed by atoms with Crippen LogP contribution in [0.2, 0.25) is 0 Å². The van der Waals surface area contributed by atoms with Crippen LogP contribution in [0.5, 0.6) is 0 Å². The van der Waals surface area contributed by atoms with E-state index in [1.54, 1.807) is 30.5 Å². The van der Waals surface area contributed by atoms with E-state index in [-0.39, 0.29) is 18.5 Å². The van der Waals surface area contributed by atoms with Gasteiger partial charge in [0.1, 0.15) is 0 Å². The van der Waals surface area contributed by atoms with Crippen LogP contribution in [-0.2, 0) is 4.79 Å². The third-order valence-corrected chi connectivity index (χ3v) is 2.16. The molecule has 1 aromatic rings. The van der Waals surface area contributed by atoms with Crippen LogP contribution in [0.4, 0.5) is 0 Å². The van der Waals surface area contributed by atoms with E-state index in [1.165, 1.54) is 0 Å². The van der Waals surface area contributed by atoms with E-state index in [4.69, 9.17) is 5.73 Å². The van der Waals surface area contributed by atoms with Crippen LogP contribution in [-0.4, -0.2) is 34.4 Å². The Kier molecular flexibility index (Phi) is 3.53. The summed E-state index contributed by atoms with van der Waals surface area (Å²) >= 11 is 0. The normalized spacial score (nSPS) is 12.2. The fraction of sp³-hybridized carbons (Fsp3) is 0.444.